The molecule has 28 heavy (non-hydrogen) atoms. The van der Waals surface area contributed by atoms with Crippen LogP contribution < -0.4 is 19.7 Å². The van der Waals surface area contributed by atoms with Crippen molar-refractivity contribution in [3.63, 3.8) is 0 Å². The van der Waals surface area contributed by atoms with E-state index in [2.05, 4.69) is 21.2 Å². The van der Waals surface area contributed by atoms with Gasteiger partial charge >= 0.3 is 0 Å². The highest BCUT2D eigenvalue weighted by Gasteiger charge is 2.34. The number of nitrogens with zero attached hydrogens (tertiary/aromatic N) is 1. The number of carbonyl (C=O) groups is 2. The number of aryl methyl sites for hydroxylation is 1. The van der Waals surface area contributed by atoms with Crippen molar-refractivity contribution < 1.29 is 19.1 Å². The number of nitrogens with one attached hydrogen (secondary N) is 1. The Morgan fingerprint density at radius 3 is 2.43 bits per heavy atom. The second-order valence-corrected chi connectivity index (χ2v) is 7.30. The van der Waals surface area contributed by atoms with Crippen LogP contribution in [0.4, 0.5) is 5.69 Å². The summed E-state index contributed by atoms with van der Waals surface area (Å²) in [6, 6.07) is 10.6. The maximum atomic E-state index is 13.1. The van der Waals surface area contributed by atoms with Gasteiger partial charge in [-0.05, 0) is 66.7 Å². The van der Waals surface area contributed by atoms with Gasteiger partial charge in [0.25, 0.3) is 11.8 Å². The van der Waals surface area contributed by atoms with E-state index in [0.717, 1.165) is 10.0 Å². The summed E-state index contributed by atoms with van der Waals surface area (Å²) in [5, 5.41) is 2.61. The van der Waals surface area contributed by atoms with E-state index in [9.17, 15) is 9.59 Å². The number of rotatable bonds is 4. The lowest BCUT2D eigenvalue weighted by Crippen LogP contribution is -2.54. The Morgan fingerprint density at radius 1 is 1.11 bits per heavy atom. The lowest BCUT2D eigenvalue weighted by Gasteiger charge is -2.29. The molecular formula is C20H17BrN2O4S. The molecule has 2 aromatic carbocycles. The van der Waals surface area contributed by atoms with Gasteiger partial charge in [0.1, 0.15) is 5.57 Å². The quantitative estimate of drug-likeness (QED) is 0.428. The van der Waals surface area contributed by atoms with Crippen molar-refractivity contribution in [3.05, 3.63) is 57.6 Å². The predicted molar refractivity (Wildman–Crippen MR) is 115 cm³/mol. The van der Waals surface area contributed by atoms with Gasteiger partial charge in [0, 0.05) is 4.47 Å². The van der Waals surface area contributed by atoms with Crippen LogP contribution in [0, 0.1) is 6.92 Å². The largest absolute Gasteiger partial charge is 0.493 e. The van der Waals surface area contributed by atoms with Crippen molar-refractivity contribution in [2.45, 2.75) is 6.92 Å². The van der Waals surface area contributed by atoms with Crippen LogP contribution in [-0.2, 0) is 9.59 Å². The third kappa shape index (κ3) is 3.79. The van der Waals surface area contributed by atoms with Gasteiger partial charge in [0.2, 0.25) is 0 Å². The molecule has 1 saturated heterocycles. The van der Waals surface area contributed by atoms with Crippen molar-refractivity contribution in [2.24, 2.45) is 0 Å². The molecule has 0 bridgehead atoms. The third-order valence-electron chi connectivity index (χ3n) is 4.24. The fourth-order valence-electron chi connectivity index (χ4n) is 2.81. The average Bonchev–Trinajstić information content (AvgIpc) is 2.65. The minimum atomic E-state index is -0.546. The van der Waals surface area contributed by atoms with Crippen molar-refractivity contribution in [2.75, 3.05) is 19.1 Å². The first-order chi connectivity index (χ1) is 13.3. The molecule has 2 amide bonds. The van der Waals surface area contributed by atoms with Crippen molar-refractivity contribution in [1.29, 1.82) is 0 Å². The number of carbonyl (C=O) groups excluding carboxylic acids is 2. The van der Waals surface area contributed by atoms with E-state index in [1.807, 2.05) is 13.0 Å². The molecule has 1 aliphatic heterocycles. The summed E-state index contributed by atoms with van der Waals surface area (Å²) < 4.78 is 11.4. The minimum Gasteiger partial charge on any atom is -0.493 e. The zero-order chi connectivity index (χ0) is 20.4. The second kappa shape index (κ2) is 8.12. The molecule has 0 spiro atoms. The molecule has 8 heteroatoms. The van der Waals surface area contributed by atoms with Crippen molar-refractivity contribution >= 4 is 56.8 Å². The Kier molecular flexibility index (Phi) is 5.81. The molecule has 0 unspecified atom stereocenters. The van der Waals surface area contributed by atoms with Gasteiger partial charge in [0.05, 0.1) is 19.9 Å². The molecule has 6 nitrogen and oxygen atoms in total. The van der Waals surface area contributed by atoms with Gasteiger partial charge in [-0.1, -0.05) is 22.0 Å². The number of hydrogen-bond donors (Lipinski definition) is 1. The monoisotopic (exact) mass is 460 g/mol. The predicted octanol–water partition coefficient (Wildman–Crippen LogP) is 3.61. The minimum absolute atomic E-state index is 0.0242. The van der Waals surface area contributed by atoms with Crippen LogP contribution in [0.1, 0.15) is 11.1 Å². The summed E-state index contributed by atoms with van der Waals surface area (Å²) in [6.45, 7) is 1.86. The summed E-state index contributed by atoms with van der Waals surface area (Å²) >= 11 is 8.60. The molecule has 0 aliphatic carbocycles. The molecule has 0 saturated carbocycles. The van der Waals surface area contributed by atoms with E-state index in [1.165, 1.54) is 18.1 Å². The number of ether oxygens (including phenoxy) is 2. The first kappa shape index (κ1) is 20.0. The number of amides is 2. The van der Waals surface area contributed by atoms with Crippen LogP contribution in [0.3, 0.4) is 0 Å². The molecule has 2 aromatic rings. The van der Waals surface area contributed by atoms with E-state index < -0.39 is 11.8 Å². The molecule has 1 heterocycles. The van der Waals surface area contributed by atoms with Gasteiger partial charge in [0.15, 0.2) is 16.6 Å². The Labute approximate surface area is 176 Å². The zero-order valence-electron chi connectivity index (χ0n) is 15.4. The van der Waals surface area contributed by atoms with Crippen molar-refractivity contribution in [3.8, 4) is 11.5 Å². The number of benzene rings is 2. The Hall–Kier alpha value is -2.71. The molecule has 0 atom stereocenters. The molecule has 1 fully saturated rings. The van der Waals surface area contributed by atoms with Gasteiger partial charge < -0.3 is 9.47 Å². The zero-order valence-corrected chi connectivity index (χ0v) is 17.8. The summed E-state index contributed by atoms with van der Waals surface area (Å²) in [5.74, 6) is 0.0259. The van der Waals surface area contributed by atoms with Crippen LogP contribution in [-0.4, -0.2) is 31.1 Å². The van der Waals surface area contributed by atoms with Crippen LogP contribution >= 0.6 is 28.1 Å². The first-order valence-corrected chi connectivity index (χ1v) is 9.45. The fourth-order valence-corrected chi connectivity index (χ4v) is 3.48. The Morgan fingerprint density at radius 2 is 1.79 bits per heavy atom. The summed E-state index contributed by atoms with van der Waals surface area (Å²) in [4.78, 5) is 26.9. The van der Waals surface area contributed by atoms with Gasteiger partial charge in [-0.3, -0.25) is 19.8 Å². The summed E-state index contributed by atoms with van der Waals surface area (Å²) in [7, 11) is 3.07. The van der Waals surface area contributed by atoms with Crippen LogP contribution in [0.5, 0.6) is 11.5 Å². The van der Waals surface area contributed by atoms with E-state index in [4.69, 9.17) is 21.7 Å². The molecule has 0 radical (unpaired) electrons. The lowest BCUT2D eigenvalue weighted by molar-refractivity contribution is -0.122. The number of halogens is 1. The van der Waals surface area contributed by atoms with E-state index in [0.29, 0.717) is 22.7 Å². The number of anilines is 1. The van der Waals surface area contributed by atoms with Crippen molar-refractivity contribution in [1.82, 2.24) is 5.32 Å². The van der Waals surface area contributed by atoms with Gasteiger partial charge in [-0.15, -0.1) is 0 Å². The van der Waals surface area contributed by atoms with Crippen LogP contribution in [0.15, 0.2) is 46.4 Å². The van der Waals surface area contributed by atoms with E-state index in [-0.39, 0.29) is 10.7 Å². The topological polar surface area (TPSA) is 67.9 Å². The summed E-state index contributed by atoms with van der Waals surface area (Å²) in [5.41, 5.74) is 2.02. The highest BCUT2D eigenvalue weighted by atomic mass is 79.9. The van der Waals surface area contributed by atoms with Crippen LogP contribution in [0.2, 0.25) is 0 Å². The van der Waals surface area contributed by atoms with Crippen LogP contribution in [0.25, 0.3) is 6.08 Å². The molecule has 1 aliphatic rings. The van der Waals surface area contributed by atoms with Gasteiger partial charge in [-0.2, -0.15) is 0 Å². The maximum Gasteiger partial charge on any atom is 0.270 e. The van der Waals surface area contributed by atoms with Gasteiger partial charge in [-0.25, -0.2) is 0 Å². The fraction of sp³-hybridized carbons (Fsp3) is 0.150. The highest BCUT2D eigenvalue weighted by molar-refractivity contribution is 9.10. The smallest absolute Gasteiger partial charge is 0.270 e. The molecule has 3 rings (SSSR count). The Bertz CT molecular complexity index is 1020. The molecule has 0 aromatic heterocycles. The Balaban J connectivity index is 2.07. The average molecular weight is 461 g/mol. The normalized spacial score (nSPS) is 15.6. The van der Waals surface area contributed by atoms with E-state index >= 15 is 0 Å². The number of methoxy groups -OCH3 is 2. The second-order valence-electron chi connectivity index (χ2n) is 6.00. The number of thiocarbonyl (C=S) groups is 1. The standard InChI is InChI=1S/C20H17BrN2O4S/c1-11-7-16(26-2)17(27-3)9-12(11)8-15-18(24)22-20(28)23(19(15)25)14-6-4-5-13(21)10-14/h4-10H,1-3H3,(H,22,24,28)/b15-8+. The van der Waals surface area contributed by atoms with E-state index in [1.54, 1.807) is 37.4 Å². The first-order valence-electron chi connectivity index (χ1n) is 8.25. The highest BCUT2D eigenvalue weighted by Crippen LogP contribution is 2.32. The summed E-state index contributed by atoms with van der Waals surface area (Å²) in [6.07, 6.45) is 1.53. The molecule has 144 valence electrons. The molecular weight excluding hydrogens is 444 g/mol. The number of hydrogen-bond acceptors (Lipinski definition) is 5. The lowest BCUT2D eigenvalue weighted by atomic mass is 10.0. The maximum absolute atomic E-state index is 13.1. The third-order valence-corrected chi connectivity index (χ3v) is 5.02. The molecule has 1 N–H and O–H groups in total. The SMILES string of the molecule is COc1cc(C)c(/C=C2\C(=O)NC(=S)N(c3cccc(Br)c3)C2=O)cc1OC.